The summed E-state index contributed by atoms with van der Waals surface area (Å²) in [5.74, 6) is 0.0194. The Labute approximate surface area is 321 Å². The molecule has 0 N–H and O–H groups in total. The second-order valence-electron chi connectivity index (χ2n) is 12.1. The van der Waals surface area contributed by atoms with Crippen molar-refractivity contribution < 1.29 is 4.42 Å². The lowest BCUT2D eigenvalue weighted by Gasteiger charge is -2.22. The Kier molecular flexibility index (Phi) is 9.12. The van der Waals surface area contributed by atoms with Gasteiger partial charge >= 0.3 is 0 Å². The molecule has 0 saturated carbocycles. The maximum absolute atomic E-state index is 6.45. The first-order valence-corrected chi connectivity index (χ1v) is 15.3. The first kappa shape index (κ1) is 36.3. The standard InChI is InChI=1S/C33H6B15N3O/c34-15-12(16(35)22(41)27(46)21(15)40)10-3-1-2-9-8-5-4-7(6-11(8)52-30(9)10)31-49-32(13-17(36)23(42)28(47)24(43)18(13)37)51-33(50-31)14-19(38)25(44)29(48)26(45)20(14)39/h1-6H. The molecule has 7 rings (SSSR count). The maximum atomic E-state index is 6.45. The highest BCUT2D eigenvalue weighted by Crippen LogP contribution is 2.36. The third kappa shape index (κ3) is 5.40. The zero-order valence-electron chi connectivity index (χ0n) is 27.4. The summed E-state index contributed by atoms with van der Waals surface area (Å²) in [7, 11) is 93.8. The number of hydrogen-bond donors (Lipinski definition) is 0. The molecule has 0 saturated heterocycles. The second kappa shape index (κ2) is 13.1. The highest BCUT2D eigenvalue weighted by Gasteiger charge is 2.22. The Bertz CT molecular complexity index is 2540. The molecule has 2 heterocycles. The van der Waals surface area contributed by atoms with E-state index in [0.717, 1.165) is 10.8 Å². The average molecular weight is 623 g/mol. The van der Waals surface area contributed by atoms with E-state index >= 15 is 0 Å². The summed E-state index contributed by atoms with van der Waals surface area (Å²) < 4.78 is 6.45. The minimum atomic E-state index is -0.0439. The number of furan rings is 1. The van der Waals surface area contributed by atoms with E-state index in [1.807, 2.05) is 18.2 Å². The Morgan fingerprint density at radius 3 is 1.19 bits per heavy atom. The Hall–Kier alpha value is -4.12. The number of nitrogens with zero attached hydrogens (tertiary/aromatic N) is 3. The molecular weight excluding hydrogens is 617 g/mol. The molecule has 0 amide bonds. The van der Waals surface area contributed by atoms with Crippen LogP contribution in [0.4, 0.5) is 0 Å². The number of aromatic nitrogens is 3. The zero-order chi connectivity index (χ0) is 37.7. The van der Waals surface area contributed by atoms with Gasteiger partial charge in [-0.25, -0.2) is 15.0 Å². The van der Waals surface area contributed by atoms with Gasteiger partial charge in [-0.1, -0.05) is 57.0 Å². The average Bonchev–Trinajstić information content (AvgIpc) is 3.52. The van der Waals surface area contributed by atoms with Gasteiger partial charge in [0.1, 0.15) is 129 Å². The van der Waals surface area contributed by atoms with Crippen LogP contribution in [-0.2, 0) is 0 Å². The van der Waals surface area contributed by atoms with Gasteiger partial charge in [-0.05, 0) is 17.7 Å². The smallest absolute Gasteiger partial charge is 0.164 e. The van der Waals surface area contributed by atoms with Crippen molar-refractivity contribution in [1.29, 1.82) is 0 Å². The molecule has 4 nitrogen and oxygen atoms in total. The van der Waals surface area contributed by atoms with Crippen molar-refractivity contribution in [1.82, 2.24) is 15.0 Å². The molecule has 19 heteroatoms. The molecular formula is C33H6B15N3O. The lowest BCUT2D eigenvalue weighted by atomic mass is 9.59. The normalized spacial score (nSPS) is 11.5. The second-order valence-corrected chi connectivity index (χ2v) is 12.1. The summed E-state index contributed by atoms with van der Waals surface area (Å²) >= 11 is 0. The number of hydrogen-bond acceptors (Lipinski definition) is 4. The molecule has 0 unspecified atom stereocenters. The van der Waals surface area contributed by atoms with Crippen molar-refractivity contribution in [2.75, 3.05) is 0 Å². The summed E-state index contributed by atoms with van der Waals surface area (Å²) in [6.45, 7) is 0. The van der Waals surface area contributed by atoms with Crippen molar-refractivity contribution >= 4 is 222 Å². The monoisotopic (exact) mass is 625 g/mol. The van der Waals surface area contributed by atoms with Crippen LogP contribution in [0.3, 0.4) is 0 Å². The zero-order valence-corrected chi connectivity index (χ0v) is 27.4. The van der Waals surface area contributed by atoms with Crippen molar-refractivity contribution in [2.24, 2.45) is 0 Å². The predicted molar refractivity (Wildman–Crippen MR) is 230 cm³/mol. The van der Waals surface area contributed by atoms with Gasteiger partial charge in [0.15, 0.2) is 17.5 Å². The number of para-hydroxylation sites is 1. The Morgan fingerprint density at radius 1 is 0.365 bits per heavy atom. The van der Waals surface area contributed by atoms with Crippen LogP contribution < -0.4 is 81.9 Å². The molecule has 0 aliphatic carbocycles. The third-order valence-corrected chi connectivity index (χ3v) is 9.21. The number of benzene rings is 5. The largest absolute Gasteiger partial charge is 0.455 e. The summed E-state index contributed by atoms with van der Waals surface area (Å²) in [4.78, 5) is 14.1. The van der Waals surface area contributed by atoms with Gasteiger partial charge in [0.05, 0.1) is 0 Å². The van der Waals surface area contributed by atoms with Crippen molar-refractivity contribution in [3.8, 4) is 45.3 Å². The van der Waals surface area contributed by atoms with Gasteiger partial charge in [-0.15, -0.1) is 49.2 Å². The van der Waals surface area contributed by atoms with Gasteiger partial charge in [0.2, 0.25) is 0 Å². The van der Waals surface area contributed by atoms with Crippen LogP contribution in [-0.4, -0.2) is 133 Å². The minimum absolute atomic E-state index is 0.00314. The fraction of sp³-hybridized carbons (Fsp3) is 0. The summed E-state index contributed by atoms with van der Waals surface area (Å²) in [6, 6.07) is 10.8. The first-order chi connectivity index (χ1) is 24.5. The molecule has 0 bridgehead atoms. The number of rotatable bonds is 4. The van der Waals surface area contributed by atoms with Crippen LogP contribution in [0.15, 0.2) is 40.8 Å². The van der Waals surface area contributed by atoms with E-state index in [1.165, 1.54) is 0 Å². The highest BCUT2D eigenvalue weighted by molar-refractivity contribution is 6.71. The van der Waals surface area contributed by atoms with E-state index in [-0.39, 0.29) is 111 Å². The first-order valence-electron chi connectivity index (χ1n) is 15.3. The van der Waals surface area contributed by atoms with Crippen molar-refractivity contribution in [3.63, 3.8) is 0 Å². The molecule has 5 aromatic carbocycles. The van der Waals surface area contributed by atoms with Crippen LogP contribution in [0.2, 0.25) is 0 Å². The molecule has 0 atom stereocenters. The topological polar surface area (TPSA) is 51.8 Å². The quantitative estimate of drug-likeness (QED) is 0.183. The van der Waals surface area contributed by atoms with Crippen molar-refractivity contribution in [2.45, 2.75) is 0 Å². The van der Waals surface area contributed by atoms with E-state index in [1.54, 1.807) is 18.2 Å². The Morgan fingerprint density at radius 2 is 0.750 bits per heavy atom. The lowest BCUT2D eigenvalue weighted by Crippen LogP contribution is -2.55. The van der Waals surface area contributed by atoms with Gasteiger partial charge in [-0.3, -0.25) is 0 Å². The summed E-state index contributed by atoms with van der Waals surface area (Å²) in [5, 5.41) is 1.48. The van der Waals surface area contributed by atoms with E-state index in [4.69, 9.17) is 132 Å². The summed E-state index contributed by atoms with van der Waals surface area (Å²) in [6.07, 6.45) is 0. The van der Waals surface area contributed by atoms with Crippen LogP contribution in [0, 0.1) is 0 Å². The predicted octanol–water partition coefficient (Wildman–Crippen LogP) is -9.65. The molecule has 52 heavy (non-hydrogen) atoms. The van der Waals surface area contributed by atoms with Gasteiger partial charge in [0.25, 0.3) is 0 Å². The van der Waals surface area contributed by atoms with Crippen LogP contribution >= 0.6 is 0 Å². The van der Waals surface area contributed by atoms with Crippen LogP contribution in [0.1, 0.15) is 0 Å². The van der Waals surface area contributed by atoms with Gasteiger partial charge < -0.3 is 4.42 Å². The van der Waals surface area contributed by atoms with Crippen LogP contribution in [0.25, 0.3) is 67.2 Å². The fourth-order valence-corrected chi connectivity index (χ4v) is 6.18. The van der Waals surface area contributed by atoms with E-state index in [0.29, 0.717) is 27.9 Å². The third-order valence-electron chi connectivity index (χ3n) is 9.21. The Balaban J connectivity index is 1.51. The molecule has 0 aliphatic heterocycles. The van der Waals surface area contributed by atoms with Gasteiger partial charge in [-0.2, -0.15) is 0 Å². The lowest BCUT2D eigenvalue weighted by molar-refractivity contribution is 0.670. The van der Waals surface area contributed by atoms with Gasteiger partial charge in [0, 0.05) is 33.0 Å². The number of fused-ring (bicyclic) bond motifs is 3. The molecule has 30 radical (unpaired) electrons. The van der Waals surface area contributed by atoms with Crippen LogP contribution in [0.5, 0.6) is 0 Å². The molecule has 0 aliphatic rings. The van der Waals surface area contributed by atoms with E-state index in [9.17, 15) is 0 Å². The molecule has 204 valence electrons. The fourth-order valence-electron chi connectivity index (χ4n) is 6.18. The maximum Gasteiger partial charge on any atom is 0.164 e. The molecule has 0 spiro atoms. The molecule has 7 aromatic rings. The van der Waals surface area contributed by atoms with Crippen molar-refractivity contribution in [3.05, 3.63) is 36.4 Å². The van der Waals surface area contributed by atoms with E-state index < -0.39 is 0 Å². The minimum Gasteiger partial charge on any atom is -0.455 e. The highest BCUT2D eigenvalue weighted by atomic mass is 16.3. The SMILES string of the molecule is [B]c1c([B])c([B])c(-c2nc(-c3ccc4c(c3)oc3c(-c5c([B])c([B])c([B])c([B])c5[B])cccc34)nc(-c3c([B])c([B])c([B])c([B])c3[B])n2)c([B])c1[B]. The molecule has 0 fully saturated rings. The van der Waals surface area contributed by atoms with E-state index in [2.05, 4.69) is 4.98 Å². The summed E-state index contributed by atoms with van der Waals surface area (Å²) in [5.41, 5.74) is 2.95. The molecule has 2 aromatic heterocycles.